The van der Waals surface area contributed by atoms with Crippen molar-refractivity contribution in [2.45, 2.75) is 13.0 Å². The van der Waals surface area contributed by atoms with E-state index in [9.17, 15) is 4.79 Å². The van der Waals surface area contributed by atoms with Crippen molar-refractivity contribution in [2.75, 3.05) is 11.9 Å². The molecule has 7 heteroatoms. The number of aliphatic hydroxyl groups is 1. The van der Waals surface area contributed by atoms with Gasteiger partial charge in [-0.15, -0.1) is 0 Å². The SMILES string of the molecule is CC(O)CN/C=C(/C#N)C(=O)Nc1cccc(Cl)c1Cl. The van der Waals surface area contributed by atoms with E-state index in [0.29, 0.717) is 10.7 Å². The number of benzene rings is 1. The molecule has 0 aliphatic carbocycles. The van der Waals surface area contributed by atoms with Gasteiger partial charge in [0.2, 0.25) is 0 Å². The minimum Gasteiger partial charge on any atom is -0.392 e. The molecule has 1 aromatic carbocycles. The smallest absolute Gasteiger partial charge is 0.267 e. The number of nitrogens with one attached hydrogen (secondary N) is 2. The monoisotopic (exact) mass is 313 g/mol. The summed E-state index contributed by atoms with van der Waals surface area (Å²) in [5.41, 5.74) is 0.183. The number of anilines is 1. The van der Waals surface area contributed by atoms with E-state index in [1.165, 1.54) is 6.20 Å². The quantitative estimate of drug-likeness (QED) is 0.575. The number of nitriles is 1. The molecule has 1 aromatic rings. The summed E-state index contributed by atoms with van der Waals surface area (Å²) in [6.45, 7) is 1.81. The van der Waals surface area contributed by atoms with Crippen molar-refractivity contribution in [3.05, 3.63) is 40.0 Å². The fraction of sp³-hybridized carbons (Fsp3) is 0.231. The average molecular weight is 314 g/mol. The van der Waals surface area contributed by atoms with Crippen molar-refractivity contribution in [1.29, 1.82) is 5.26 Å². The summed E-state index contributed by atoms with van der Waals surface area (Å²) in [5.74, 6) is -0.616. The van der Waals surface area contributed by atoms with Gasteiger partial charge < -0.3 is 15.7 Å². The van der Waals surface area contributed by atoms with Crippen molar-refractivity contribution in [1.82, 2.24) is 5.32 Å². The molecule has 0 aromatic heterocycles. The first-order valence-corrected chi connectivity index (χ1v) is 6.48. The van der Waals surface area contributed by atoms with Crippen LogP contribution in [0.2, 0.25) is 10.0 Å². The van der Waals surface area contributed by atoms with Gasteiger partial charge in [-0.25, -0.2) is 0 Å². The predicted molar refractivity (Wildman–Crippen MR) is 78.5 cm³/mol. The summed E-state index contributed by atoms with van der Waals surface area (Å²) in [6.07, 6.45) is 0.650. The fourth-order valence-electron chi connectivity index (χ4n) is 1.27. The summed E-state index contributed by atoms with van der Waals surface area (Å²) in [7, 11) is 0. The summed E-state index contributed by atoms with van der Waals surface area (Å²) < 4.78 is 0. The second-order valence-corrected chi connectivity index (χ2v) is 4.77. The second kappa shape index (κ2) is 7.75. The zero-order valence-corrected chi connectivity index (χ0v) is 12.2. The van der Waals surface area contributed by atoms with E-state index in [1.807, 2.05) is 0 Å². The van der Waals surface area contributed by atoms with Gasteiger partial charge in [0.05, 0.1) is 21.8 Å². The van der Waals surface area contributed by atoms with Crippen LogP contribution in [-0.4, -0.2) is 23.7 Å². The Morgan fingerprint density at radius 2 is 2.25 bits per heavy atom. The van der Waals surface area contributed by atoms with Crippen LogP contribution in [0.25, 0.3) is 0 Å². The Balaban J connectivity index is 2.78. The number of hydrogen-bond donors (Lipinski definition) is 3. The minimum absolute atomic E-state index is 0.137. The molecule has 0 saturated carbocycles. The van der Waals surface area contributed by atoms with Gasteiger partial charge >= 0.3 is 0 Å². The molecule has 1 amide bonds. The number of carbonyl (C=O) groups excluding carboxylic acids is 1. The molecule has 20 heavy (non-hydrogen) atoms. The number of carbonyl (C=O) groups is 1. The van der Waals surface area contributed by atoms with Crippen LogP contribution in [0, 0.1) is 11.3 Å². The Kier molecular flexibility index (Phi) is 6.32. The number of nitrogens with zero attached hydrogens (tertiary/aromatic N) is 1. The molecule has 1 atom stereocenters. The Morgan fingerprint density at radius 3 is 2.85 bits per heavy atom. The third kappa shape index (κ3) is 4.74. The molecule has 0 heterocycles. The molecule has 5 nitrogen and oxygen atoms in total. The average Bonchev–Trinajstić information content (AvgIpc) is 2.39. The molecule has 1 unspecified atom stereocenters. The normalized spacial score (nSPS) is 12.4. The first kappa shape index (κ1) is 16.3. The maximum absolute atomic E-state index is 11.9. The lowest BCUT2D eigenvalue weighted by atomic mass is 10.2. The zero-order chi connectivity index (χ0) is 15.1. The fourth-order valence-corrected chi connectivity index (χ4v) is 1.62. The van der Waals surface area contributed by atoms with Gasteiger partial charge in [0.1, 0.15) is 11.6 Å². The van der Waals surface area contributed by atoms with Gasteiger partial charge in [0.15, 0.2) is 0 Å². The highest BCUT2D eigenvalue weighted by Gasteiger charge is 2.12. The largest absolute Gasteiger partial charge is 0.392 e. The van der Waals surface area contributed by atoms with Gasteiger partial charge in [0.25, 0.3) is 5.91 Å². The zero-order valence-electron chi connectivity index (χ0n) is 10.7. The standard InChI is InChI=1S/C13H13Cl2N3O2/c1-8(19)6-17-7-9(5-16)13(20)18-11-4-2-3-10(14)12(11)15/h2-4,7-8,17,19H,6H2,1H3,(H,18,20)/b9-7-. The highest BCUT2D eigenvalue weighted by molar-refractivity contribution is 6.44. The minimum atomic E-state index is -0.616. The maximum Gasteiger partial charge on any atom is 0.267 e. The van der Waals surface area contributed by atoms with Crippen LogP contribution in [0.4, 0.5) is 5.69 Å². The molecule has 0 aliphatic rings. The van der Waals surface area contributed by atoms with Crippen LogP contribution < -0.4 is 10.6 Å². The molecule has 0 radical (unpaired) electrons. The highest BCUT2D eigenvalue weighted by Crippen LogP contribution is 2.29. The molecule has 1 rings (SSSR count). The van der Waals surface area contributed by atoms with Crippen LogP contribution in [-0.2, 0) is 4.79 Å². The van der Waals surface area contributed by atoms with Crippen molar-refractivity contribution in [3.8, 4) is 6.07 Å². The summed E-state index contributed by atoms with van der Waals surface area (Å²) in [5, 5.41) is 23.7. The van der Waals surface area contributed by atoms with Gasteiger partial charge in [-0.3, -0.25) is 4.79 Å². The summed E-state index contributed by atoms with van der Waals surface area (Å²) in [4.78, 5) is 11.9. The number of amides is 1. The van der Waals surface area contributed by atoms with Crippen LogP contribution in [0.1, 0.15) is 6.92 Å². The van der Waals surface area contributed by atoms with E-state index in [-0.39, 0.29) is 17.1 Å². The number of aliphatic hydroxyl groups excluding tert-OH is 1. The molecule has 0 saturated heterocycles. The molecular weight excluding hydrogens is 301 g/mol. The summed E-state index contributed by atoms with van der Waals surface area (Å²) >= 11 is 11.8. The Labute approximate surface area is 126 Å². The van der Waals surface area contributed by atoms with E-state index in [0.717, 1.165) is 0 Å². The number of rotatable bonds is 5. The van der Waals surface area contributed by atoms with Crippen molar-refractivity contribution in [3.63, 3.8) is 0 Å². The first-order chi connectivity index (χ1) is 9.45. The van der Waals surface area contributed by atoms with Gasteiger partial charge in [-0.2, -0.15) is 5.26 Å². The molecule has 0 spiro atoms. The third-order valence-corrected chi connectivity index (χ3v) is 3.04. The van der Waals surface area contributed by atoms with Gasteiger partial charge in [-0.05, 0) is 19.1 Å². The lowest BCUT2D eigenvalue weighted by Gasteiger charge is -2.08. The van der Waals surface area contributed by atoms with Crippen LogP contribution in [0.15, 0.2) is 30.0 Å². The van der Waals surface area contributed by atoms with Crippen LogP contribution >= 0.6 is 23.2 Å². The van der Waals surface area contributed by atoms with Crippen molar-refractivity contribution in [2.24, 2.45) is 0 Å². The van der Waals surface area contributed by atoms with Gasteiger partial charge in [0, 0.05) is 12.7 Å². The molecular formula is C13H13Cl2N3O2. The van der Waals surface area contributed by atoms with E-state index in [4.69, 9.17) is 33.6 Å². The molecule has 106 valence electrons. The van der Waals surface area contributed by atoms with E-state index in [2.05, 4.69) is 10.6 Å². The Bertz CT molecular complexity index is 565. The topological polar surface area (TPSA) is 85.2 Å². The van der Waals surface area contributed by atoms with Gasteiger partial charge in [-0.1, -0.05) is 29.3 Å². The van der Waals surface area contributed by atoms with E-state index in [1.54, 1.807) is 31.2 Å². The first-order valence-electron chi connectivity index (χ1n) is 5.72. The van der Waals surface area contributed by atoms with Crippen LogP contribution in [0.3, 0.4) is 0 Å². The maximum atomic E-state index is 11.9. The summed E-state index contributed by atoms with van der Waals surface area (Å²) in [6, 6.07) is 6.55. The Hall–Kier alpha value is -1.74. The van der Waals surface area contributed by atoms with Crippen molar-refractivity contribution >= 4 is 34.8 Å². The predicted octanol–water partition coefficient (Wildman–Crippen LogP) is 2.31. The third-order valence-electron chi connectivity index (χ3n) is 2.22. The van der Waals surface area contributed by atoms with E-state index >= 15 is 0 Å². The molecule has 0 bridgehead atoms. The number of hydrogen-bond acceptors (Lipinski definition) is 4. The lowest BCUT2D eigenvalue weighted by molar-refractivity contribution is -0.112. The molecule has 0 fully saturated rings. The number of halogens is 2. The molecule has 3 N–H and O–H groups in total. The van der Waals surface area contributed by atoms with E-state index < -0.39 is 12.0 Å². The van der Waals surface area contributed by atoms with Crippen LogP contribution in [0.5, 0.6) is 0 Å². The lowest BCUT2D eigenvalue weighted by Crippen LogP contribution is -2.22. The molecule has 0 aliphatic heterocycles. The second-order valence-electron chi connectivity index (χ2n) is 3.98. The highest BCUT2D eigenvalue weighted by atomic mass is 35.5. The van der Waals surface area contributed by atoms with Crippen molar-refractivity contribution < 1.29 is 9.90 Å². The Morgan fingerprint density at radius 1 is 1.55 bits per heavy atom.